The number of pyridine rings is 1. The van der Waals surface area contributed by atoms with Gasteiger partial charge in [-0.2, -0.15) is 0 Å². The van der Waals surface area contributed by atoms with Crippen LogP contribution in [-0.2, 0) is 30.4 Å². The van der Waals surface area contributed by atoms with Gasteiger partial charge in [-0.25, -0.2) is 14.4 Å². The number of urea groups is 1. The van der Waals surface area contributed by atoms with Gasteiger partial charge in [-0.05, 0) is 80.8 Å². The molecule has 0 aliphatic heterocycles. The van der Waals surface area contributed by atoms with Crippen molar-refractivity contribution in [3.63, 3.8) is 0 Å². The van der Waals surface area contributed by atoms with Gasteiger partial charge < -0.3 is 42.3 Å². The van der Waals surface area contributed by atoms with Gasteiger partial charge in [0.15, 0.2) is 0 Å². The SMILES string of the molecule is NCC1CCC(C(=O)NC(Cc2ccc3cnccc3c2)C(=O)NCCCCC(NC(=O)NC(CCC(=O)O)C(=O)O)C(=O)O)CC1. The van der Waals surface area contributed by atoms with Gasteiger partial charge in [-0.1, -0.05) is 18.2 Å². The van der Waals surface area contributed by atoms with E-state index in [1.165, 1.54) is 0 Å². The fourth-order valence-electron chi connectivity index (χ4n) is 5.60. The van der Waals surface area contributed by atoms with Gasteiger partial charge in [0.05, 0.1) is 0 Å². The van der Waals surface area contributed by atoms with Gasteiger partial charge in [-0.15, -0.1) is 0 Å². The Morgan fingerprint density at radius 2 is 1.51 bits per heavy atom. The summed E-state index contributed by atoms with van der Waals surface area (Å²) in [5, 5.41) is 39.5. The number of fused-ring (bicyclic) bond motifs is 1. The molecule has 1 aromatic carbocycles. The Labute approximate surface area is 272 Å². The monoisotopic (exact) mass is 656 g/mol. The first-order chi connectivity index (χ1) is 22.5. The van der Waals surface area contributed by atoms with E-state index >= 15 is 0 Å². The van der Waals surface area contributed by atoms with E-state index in [0.717, 1.165) is 29.2 Å². The minimum absolute atomic E-state index is 0.0108. The van der Waals surface area contributed by atoms with Crippen LogP contribution in [0.5, 0.6) is 0 Å². The van der Waals surface area contributed by atoms with Crippen molar-refractivity contribution in [1.82, 2.24) is 26.3 Å². The van der Waals surface area contributed by atoms with Crippen molar-refractivity contribution in [1.29, 1.82) is 0 Å². The second kappa shape index (κ2) is 18.4. The first-order valence-electron chi connectivity index (χ1n) is 15.8. The van der Waals surface area contributed by atoms with Crippen LogP contribution >= 0.6 is 0 Å². The second-order valence-electron chi connectivity index (χ2n) is 11.9. The molecule has 1 fully saturated rings. The number of rotatable bonds is 18. The van der Waals surface area contributed by atoms with E-state index in [0.29, 0.717) is 38.1 Å². The lowest BCUT2D eigenvalue weighted by atomic mass is 9.81. The van der Waals surface area contributed by atoms with Crippen LogP contribution in [0.3, 0.4) is 0 Å². The van der Waals surface area contributed by atoms with Gasteiger partial charge in [-0.3, -0.25) is 19.4 Å². The standard InChI is InChI=1S/C32H44N6O9/c33-17-19-4-7-21(8-5-19)28(41)36-26(16-20-6-9-23-18-34-14-12-22(23)15-20)29(42)35-13-2-1-3-24(30(43)44)37-32(47)38-25(31(45)46)10-11-27(39)40/h6,9,12,14-15,18-19,21,24-26H,1-5,7-8,10-11,13,16-17,33H2,(H,35,42)(H,36,41)(H,39,40)(H,43,44)(H,45,46)(H2,37,38,47). The molecule has 0 saturated heterocycles. The predicted octanol–water partition coefficient (Wildman–Crippen LogP) is 1.38. The van der Waals surface area contributed by atoms with Gasteiger partial charge in [0.1, 0.15) is 18.1 Å². The topological polar surface area (TPSA) is 250 Å². The van der Waals surface area contributed by atoms with E-state index in [1.807, 2.05) is 24.3 Å². The number of nitrogens with one attached hydrogen (secondary N) is 4. The largest absolute Gasteiger partial charge is 0.481 e. The highest BCUT2D eigenvalue weighted by Crippen LogP contribution is 2.28. The van der Waals surface area contributed by atoms with Crippen LogP contribution in [0.2, 0.25) is 0 Å². The lowest BCUT2D eigenvalue weighted by molar-refractivity contribution is -0.141. The Hall–Kier alpha value is -4.79. The molecule has 3 unspecified atom stereocenters. The summed E-state index contributed by atoms with van der Waals surface area (Å²) in [5.41, 5.74) is 6.65. The van der Waals surface area contributed by atoms with Crippen molar-refractivity contribution in [3.8, 4) is 0 Å². The van der Waals surface area contributed by atoms with Gasteiger partial charge in [0.2, 0.25) is 11.8 Å². The molecule has 256 valence electrons. The van der Waals surface area contributed by atoms with E-state index in [-0.39, 0.29) is 43.5 Å². The Kier molecular flexibility index (Phi) is 14.3. The summed E-state index contributed by atoms with van der Waals surface area (Å²) in [6, 6.07) is 2.89. The number of carboxylic acids is 3. The number of aliphatic carboxylic acids is 3. The summed E-state index contributed by atoms with van der Waals surface area (Å²) in [7, 11) is 0. The Morgan fingerprint density at radius 3 is 2.15 bits per heavy atom. The molecular formula is C32H44N6O9. The summed E-state index contributed by atoms with van der Waals surface area (Å²) in [6.45, 7) is 0.776. The van der Waals surface area contributed by atoms with Crippen molar-refractivity contribution in [2.45, 2.75) is 82.3 Å². The third-order valence-corrected chi connectivity index (χ3v) is 8.40. The van der Waals surface area contributed by atoms with Crippen molar-refractivity contribution >= 4 is 46.5 Å². The Bertz CT molecular complexity index is 1410. The summed E-state index contributed by atoms with van der Waals surface area (Å²) < 4.78 is 0. The summed E-state index contributed by atoms with van der Waals surface area (Å²) >= 11 is 0. The van der Waals surface area contributed by atoms with Crippen molar-refractivity contribution < 1.29 is 44.1 Å². The summed E-state index contributed by atoms with van der Waals surface area (Å²) in [4.78, 5) is 76.6. The molecule has 15 nitrogen and oxygen atoms in total. The molecule has 3 rings (SSSR count). The Morgan fingerprint density at radius 1 is 0.830 bits per heavy atom. The summed E-state index contributed by atoms with van der Waals surface area (Å²) in [5.74, 6) is -4.37. The highest BCUT2D eigenvalue weighted by Gasteiger charge is 2.29. The van der Waals surface area contributed by atoms with Crippen molar-refractivity contribution in [2.75, 3.05) is 13.1 Å². The lowest BCUT2D eigenvalue weighted by Gasteiger charge is -2.28. The first-order valence-corrected chi connectivity index (χ1v) is 15.8. The maximum Gasteiger partial charge on any atom is 0.326 e. The molecule has 1 aliphatic carbocycles. The zero-order chi connectivity index (χ0) is 34.3. The number of nitrogens with two attached hydrogens (primary N) is 1. The average Bonchev–Trinajstić information content (AvgIpc) is 3.05. The van der Waals surface area contributed by atoms with E-state index in [9.17, 15) is 39.0 Å². The van der Waals surface area contributed by atoms with E-state index < -0.39 is 48.5 Å². The molecule has 3 atom stereocenters. The molecule has 1 aromatic heterocycles. The number of nitrogens with zero attached hydrogens (tertiary/aromatic N) is 1. The number of aromatic nitrogens is 1. The molecular weight excluding hydrogens is 612 g/mol. The fraction of sp³-hybridized carbons (Fsp3) is 0.531. The highest BCUT2D eigenvalue weighted by atomic mass is 16.4. The number of carbonyl (C=O) groups excluding carboxylic acids is 3. The van der Waals surface area contributed by atoms with E-state index in [1.54, 1.807) is 12.4 Å². The zero-order valence-corrected chi connectivity index (χ0v) is 26.2. The molecule has 1 saturated carbocycles. The predicted molar refractivity (Wildman–Crippen MR) is 170 cm³/mol. The third kappa shape index (κ3) is 12.2. The van der Waals surface area contributed by atoms with Crippen LogP contribution in [0.4, 0.5) is 4.79 Å². The smallest absolute Gasteiger partial charge is 0.326 e. The van der Waals surface area contributed by atoms with Crippen molar-refractivity contribution in [2.24, 2.45) is 17.6 Å². The third-order valence-electron chi connectivity index (χ3n) is 8.40. The molecule has 1 heterocycles. The second-order valence-corrected chi connectivity index (χ2v) is 11.9. The van der Waals surface area contributed by atoms with E-state index in [2.05, 4.69) is 26.3 Å². The van der Waals surface area contributed by atoms with Crippen LogP contribution in [0.1, 0.15) is 63.4 Å². The number of benzene rings is 1. The molecule has 15 heteroatoms. The van der Waals surface area contributed by atoms with Crippen LogP contribution in [-0.4, -0.2) is 87.3 Å². The molecule has 0 radical (unpaired) electrons. The molecule has 47 heavy (non-hydrogen) atoms. The zero-order valence-electron chi connectivity index (χ0n) is 26.2. The number of carbonyl (C=O) groups is 6. The number of carboxylic acid groups (broad SMARTS) is 3. The summed E-state index contributed by atoms with van der Waals surface area (Å²) in [6.07, 6.45) is 6.61. The minimum Gasteiger partial charge on any atom is -0.481 e. The highest BCUT2D eigenvalue weighted by molar-refractivity contribution is 5.89. The van der Waals surface area contributed by atoms with Gasteiger partial charge in [0.25, 0.3) is 0 Å². The van der Waals surface area contributed by atoms with Crippen LogP contribution < -0.4 is 27.0 Å². The van der Waals surface area contributed by atoms with Crippen LogP contribution in [0, 0.1) is 11.8 Å². The molecule has 4 amide bonds. The fourth-order valence-corrected chi connectivity index (χ4v) is 5.60. The number of hydrogen-bond acceptors (Lipinski definition) is 8. The Balaban J connectivity index is 1.54. The average molecular weight is 657 g/mol. The maximum atomic E-state index is 13.3. The first kappa shape index (κ1) is 36.7. The van der Waals surface area contributed by atoms with Crippen molar-refractivity contribution in [3.05, 3.63) is 42.2 Å². The molecule has 9 N–H and O–H groups in total. The van der Waals surface area contributed by atoms with Gasteiger partial charge >= 0.3 is 23.9 Å². The van der Waals surface area contributed by atoms with Gasteiger partial charge in [0, 0.05) is 43.1 Å². The number of hydrogen-bond donors (Lipinski definition) is 8. The van der Waals surface area contributed by atoms with E-state index in [4.69, 9.17) is 10.8 Å². The minimum atomic E-state index is -1.50. The number of amides is 4. The molecule has 2 aromatic rings. The normalized spacial score (nSPS) is 17.9. The maximum absolute atomic E-state index is 13.3. The number of unbranched alkanes of at least 4 members (excludes halogenated alkanes) is 1. The quantitative estimate of drug-likeness (QED) is 0.106. The van der Waals surface area contributed by atoms with Crippen LogP contribution in [0.25, 0.3) is 10.8 Å². The molecule has 0 bridgehead atoms. The lowest BCUT2D eigenvalue weighted by Crippen LogP contribution is -2.51. The van der Waals surface area contributed by atoms with Crippen LogP contribution in [0.15, 0.2) is 36.7 Å². The molecule has 0 spiro atoms. The molecule has 1 aliphatic rings.